The van der Waals surface area contributed by atoms with Crippen LogP contribution in [0.15, 0.2) is 71.9 Å². The van der Waals surface area contributed by atoms with Gasteiger partial charge in [-0.05, 0) is 37.0 Å². The van der Waals surface area contributed by atoms with E-state index in [0.717, 1.165) is 11.1 Å². The molecule has 1 heterocycles. The lowest BCUT2D eigenvalue weighted by Crippen LogP contribution is -2.44. The van der Waals surface area contributed by atoms with Crippen LogP contribution < -0.4 is 10.0 Å². The van der Waals surface area contributed by atoms with Gasteiger partial charge in [0.15, 0.2) is 0 Å². The lowest BCUT2D eigenvalue weighted by atomic mass is 10.0. The van der Waals surface area contributed by atoms with Gasteiger partial charge in [-0.2, -0.15) is 9.82 Å². The van der Waals surface area contributed by atoms with Gasteiger partial charge in [-0.3, -0.25) is 9.48 Å². The number of aryl methyl sites for hydroxylation is 1. The van der Waals surface area contributed by atoms with Crippen molar-refractivity contribution in [3.63, 3.8) is 0 Å². The van der Waals surface area contributed by atoms with E-state index >= 15 is 0 Å². The third-order valence-electron chi connectivity index (χ3n) is 4.74. The number of anilines is 1. The average Bonchev–Trinajstić information content (AvgIpc) is 3.14. The summed E-state index contributed by atoms with van der Waals surface area (Å²) in [6.45, 7) is 6.35. The fourth-order valence-corrected chi connectivity index (χ4v) is 4.38. The van der Waals surface area contributed by atoms with E-state index in [0.29, 0.717) is 18.7 Å². The summed E-state index contributed by atoms with van der Waals surface area (Å²) < 4.78 is 29.9. The number of benzene rings is 2. The molecule has 8 heteroatoms. The summed E-state index contributed by atoms with van der Waals surface area (Å²) in [6.07, 6.45) is 3.66. The van der Waals surface area contributed by atoms with Gasteiger partial charge in [0.2, 0.25) is 15.9 Å². The third-order valence-corrected chi connectivity index (χ3v) is 6.23. The summed E-state index contributed by atoms with van der Waals surface area (Å²) in [5, 5.41) is 7.07. The first-order valence-electron chi connectivity index (χ1n) is 10.2. The van der Waals surface area contributed by atoms with Gasteiger partial charge in [-0.15, -0.1) is 0 Å². The van der Waals surface area contributed by atoms with Crippen molar-refractivity contribution in [2.75, 3.05) is 5.32 Å². The summed E-state index contributed by atoms with van der Waals surface area (Å²) in [6, 6.07) is 15.5. The van der Waals surface area contributed by atoms with Gasteiger partial charge >= 0.3 is 0 Å². The van der Waals surface area contributed by atoms with Crippen molar-refractivity contribution in [1.29, 1.82) is 0 Å². The van der Waals surface area contributed by atoms with Crippen LogP contribution in [-0.4, -0.2) is 30.1 Å². The number of amides is 1. The predicted octanol–water partition coefficient (Wildman–Crippen LogP) is 3.57. The summed E-state index contributed by atoms with van der Waals surface area (Å²) in [5.74, 6) is -0.291. The SMILES string of the molecule is Cc1ccc(S(=O)(=O)NC(CC(C)C)C(=O)Nc2cnn(Cc3ccccc3)c2)cc1. The van der Waals surface area contributed by atoms with Gasteiger partial charge in [-0.25, -0.2) is 8.42 Å². The Labute approximate surface area is 183 Å². The van der Waals surface area contributed by atoms with Crippen molar-refractivity contribution in [3.8, 4) is 0 Å². The molecule has 0 aliphatic rings. The minimum atomic E-state index is -3.83. The lowest BCUT2D eigenvalue weighted by Gasteiger charge is -2.20. The summed E-state index contributed by atoms with van der Waals surface area (Å²) in [7, 11) is -3.83. The number of nitrogens with one attached hydrogen (secondary N) is 2. The molecule has 3 aromatic rings. The van der Waals surface area contributed by atoms with Crippen molar-refractivity contribution >= 4 is 21.6 Å². The maximum atomic E-state index is 12.9. The summed E-state index contributed by atoms with van der Waals surface area (Å²) >= 11 is 0. The third kappa shape index (κ3) is 6.50. The average molecular weight is 441 g/mol. The Kier molecular flexibility index (Phi) is 7.25. The number of sulfonamides is 1. The number of hydrogen-bond donors (Lipinski definition) is 2. The molecule has 7 nitrogen and oxygen atoms in total. The van der Waals surface area contributed by atoms with Crippen LogP contribution in [0.2, 0.25) is 0 Å². The Morgan fingerprint density at radius 3 is 2.39 bits per heavy atom. The van der Waals surface area contributed by atoms with Crippen LogP contribution in [-0.2, 0) is 21.4 Å². The van der Waals surface area contributed by atoms with Gasteiger partial charge in [0.1, 0.15) is 6.04 Å². The molecule has 3 rings (SSSR count). The molecule has 0 fully saturated rings. The molecule has 164 valence electrons. The molecule has 0 aliphatic heterocycles. The lowest BCUT2D eigenvalue weighted by molar-refractivity contribution is -0.118. The van der Waals surface area contributed by atoms with Crippen molar-refractivity contribution < 1.29 is 13.2 Å². The number of carbonyl (C=O) groups is 1. The molecule has 0 radical (unpaired) electrons. The van der Waals surface area contributed by atoms with E-state index in [2.05, 4.69) is 15.1 Å². The molecule has 1 unspecified atom stereocenters. The molecule has 2 N–H and O–H groups in total. The number of aromatic nitrogens is 2. The Morgan fingerprint density at radius 2 is 1.74 bits per heavy atom. The van der Waals surface area contributed by atoms with Crippen LogP contribution in [0.1, 0.15) is 31.4 Å². The maximum absolute atomic E-state index is 12.9. The molecular formula is C23H28N4O3S. The first-order valence-corrected chi connectivity index (χ1v) is 11.7. The van der Waals surface area contributed by atoms with E-state index in [1.807, 2.05) is 51.1 Å². The largest absolute Gasteiger partial charge is 0.322 e. The Morgan fingerprint density at radius 1 is 1.06 bits per heavy atom. The highest BCUT2D eigenvalue weighted by Gasteiger charge is 2.27. The fourth-order valence-electron chi connectivity index (χ4n) is 3.17. The van der Waals surface area contributed by atoms with Crippen LogP contribution in [0.4, 0.5) is 5.69 Å². The summed E-state index contributed by atoms with van der Waals surface area (Å²) in [5.41, 5.74) is 2.57. The second-order valence-electron chi connectivity index (χ2n) is 8.02. The van der Waals surface area contributed by atoms with Gasteiger partial charge in [0.25, 0.3) is 0 Å². The van der Waals surface area contributed by atoms with Crippen molar-refractivity contribution in [2.45, 2.75) is 44.7 Å². The van der Waals surface area contributed by atoms with Gasteiger partial charge in [0.05, 0.1) is 23.3 Å². The number of hydrogen-bond acceptors (Lipinski definition) is 4. The highest BCUT2D eigenvalue weighted by molar-refractivity contribution is 7.89. The van der Waals surface area contributed by atoms with E-state index in [-0.39, 0.29) is 10.8 Å². The van der Waals surface area contributed by atoms with Crippen LogP contribution >= 0.6 is 0 Å². The summed E-state index contributed by atoms with van der Waals surface area (Å²) in [4.78, 5) is 13.0. The van der Waals surface area contributed by atoms with E-state index in [4.69, 9.17) is 0 Å². The number of nitrogens with zero attached hydrogens (tertiary/aromatic N) is 2. The molecule has 0 saturated heterocycles. The molecule has 0 spiro atoms. The van der Waals surface area contributed by atoms with E-state index in [1.54, 1.807) is 29.2 Å². The van der Waals surface area contributed by atoms with E-state index in [9.17, 15) is 13.2 Å². The molecule has 1 aromatic heterocycles. The van der Waals surface area contributed by atoms with Crippen molar-refractivity contribution in [3.05, 3.63) is 78.1 Å². The molecule has 2 aromatic carbocycles. The zero-order valence-electron chi connectivity index (χ0n) is 17.9. The first-order chi connectivity index (χ1) is 14.7. The monoisotopic (exact) mass is 440 g/mol. The predicted molar refractivity (Wildman–Crippen MR) is 121 cm³/mol. The van der Waals surface area contributed by atoms with Gasteiger partial charge in [0, 0.05) is 6.20 Å². The Hall–Kier alpha value is -2.97. The van der Waals surface area contributed by atoms with Crippen molar-refractivity contribution in [2.24, 2.45) is 5.92 Å². The second-order valence-corrected chi connectivity index (χ2v) is 9.73. The topological polar surface area (TPSA) is 93.1 Å². The molecule has 0 saturated carbocycles. The fraction of sp³-hybridized carbons (Fsp3) is 0.304. The molecule has 1 amide bonds. The Bertz CT molecular complexity index is 1110. The quantitative estimate of drug-likeness (QED) is 0.532. The zero-order valence-corrected chi connectivity index (χ0v) is 18.8. The van der Waals surface area contributed by atoms with E-state index < -0.39 is 22.0 Å². The molecular weight excluding hydrogens is 412 g/mol. The minimum absolute atomic E-state index is 0.122. The van der Waals surface area contributed by atoms with Gasteiger partial charge in [-0.1, -0.05) is 61.9 Å². The van der Waals surface area contributed by atoms with Crippen molar-refractivity contribution in [1.82, 2.24) is 14.5 Å². The van der Waals surface area contributed by atoms with Gasteiger partial charge < -0.3 is 5.32 Å². The highest BCUT2D eigenvalue weighted by Crippen LogP contribution is 2.15. The maximum Gasteiger partial charge on any atom is 0.242 e. The Balaban J connectivity index is 1.70. The smallest absolute Gasteiger partial charge is 0.242 e. The second kappa shape index (κ2) is 9.89. The highest BCUT2D eigenvalue weighted by atomic mass is 32.2. The van der Waals surface area contributed by atoms with Crippen LogP contribution in [0.25, 0.3) is 0 Å². The minimum Gasteiger partial charge on any atom is -0.322 e. The zero-order chi connectivity index (χ0) is 22.4. The van der Waals surface area contributed by atoms with E-state index in [1.165, 1.54) is 12.1 Å². The molecule has 0 bridgehead atoms. The molecule has 1 atom stereocenters. The molecule has 0 aliphatic carbocycles. The molecule has 31 heavy (non-hydrogen) atoms. The van der Waals surface area contributed by atoms with Crippen LogP contribution in [0.5, 0.6) is 0 Å². The standard InChI is InChI=1S/C23H28N4O3S/c1-17(2)13-22(26-31(29,30)21-11-9-18(3)10-12-21)23(28)25-20-14-24-27(16-20)15-19-7-5-4-6-8-19/h4-12,14,16-17,22,26H,13,15H2,1-3H3,(H,25,28). The number of rotatable bonds is 9. The van der Waals surface area contributed by atoms with Crippen LogP contribution in [0.3, 0.4) is 0 Å². The van der Waals surface area contributed by atoms with Crippen LogP contribution in [0, 0.1) is 12.8 Å². The normalized spacial score (nSPS) is 12.6. The first kappa shape index (κ1) is 22.7. The number of carbonyl (C=O) groups excluding carboxylic acids is 1.